The van der Waals surface area contributed by atoms with Crippen LogP contribution < -0.4 is 15.8 Å². The Hall–Kier alpha value is -1.10. The molecule has 1 atom stereocenters. The Labute approximate surface area is 119 Å². The van der Waals surface area contributed by atoms with Crippen LogP contribution in [0.1, 0.15) is 32.6 Å². The van der Waals surface area contributed by atoms with Gasteiger partial charge < -0.3 is 15.8 Å². The Kier molecular flexibility index (Phi) is 5.63. The van der Waals surface area contributed by atoms with Crippen molar-refractivity contribution in [2.45, 2.75) is 37.9 Å². The summed E-state index contributed by atoms with van der Waals surface area (Å²) < 4.78 is 5.54. The molecule has 0 saturated carbocycles. The van der Waals surface area contributed by atoms with E-state index in [-0.39, 0.29) is 0 Å². The van der Waals surface area contributed by atoms with Crippen LogP contribution in [0.5, 0.6) is 5.88 Å². The Bertz CT molecular complexity index is 394. The fraction of sp³-hybridized carbons (Fsp3) is 0.643. The highest BCUT2D eigenvalue weighted by Crippen LogP contribution is 2.26. The molecular weight excluding hydrogens is 258 g/mol. The van der Waals surface area contributed by atoms with Crippen LogP contribution in [0.25, 0.3) is 0 Å². The van der Waals surface area contributed by atoms with Crippen molar-refractivity contribution in [1.29, 1.82) is 0 Å². The van der Waals surface area contributed by atoms with E-state index < -0.39 is 0 Å². The second kappa shape index (κ2) is 7.48. The molecule has 0 spiro atoms. The van der Waals surface area contributed by atoms with E-state index in [2.05, 4.69) is 29.0 Å². The maximum Gasteiger partial charge on any atom is 0.239 e. The molecule has 1 aliphatic heterocycles. The van der Waals surface area contributed by atoms with Crippen molar-refractivity contribution in [3.63, 3.8) is 0 Å². The third-order valence-corrected chi connectivity index (χ3v) is 4.52. The van der Waals surface area contributed by atoms with Gasteiger partial charge in [-0.3, -0.25) is 0 Å². The van der Waals surface area contributed by atoms with Crippen molar-refractivity contribution in [3.05, 3.63) is 12.1 Å². The molecule has 0 radical (unpaired) electrons. The molecule has 106 valence electrons. The largest absolute Gasteiger partial charge is 0.476 e. The van der Waals surface area contributed by atoms with E-state index in [1.54, 1.807) is 0 Å². The zero-order valence-electron chi connectivity index (χ0n) is 11.5. The van der Waals surface area contributed by atoms with Gasteiger partial charge in [-0.25, -0.2) is 0 Å². The molecule has 0 aliphatic carbocycles. The first-order chi connectivity index (χ1) is 9.29. The third kappa shape index (κ3) is 4.49. The lowest BCUT2D eigenvalue weighted by atomic mass is 10.2. The number of nitrogens with zero attached hydrogens (tertiary/aromatic N) is 1. The van der Waals surface area contributed by atoms with E-state index in [0.29, 0.717) is 23.4 Å². The first-order valence-electron chi connectivity index (χ1n) is 7.04. The summed E-state index contributed by atoms with van der Waals surface area (Å²) in [6.07, 6.45) is 4.96. The summed E-state index contributed by atoms with van der Waals surface area (Å²) in [4.78, 5) is 4.43. The number of hydrogen-bond donors (Lipinski definition) is 2. The third-order valence-electron chi connectivity index (χ3n) is 3.12. The van der Waals surface area contributed by atoms with Gasteiger partial charge in [0.25, 0.3) is 0 Å². The summed E-state index contributed by atoms with van der Waals surface area (Å²) in [6.45, 7) is 3.69. The van der Waals surface area contributed by atoms with Gasteiger partial charge in [-0.05, 0) is 37.1 Å². The number of anilines is 2. The number of nitrogens with one attached hydrogen (secondary N) is 1. The topological polar surface area (TPSA) is 60.2 Å². The molecule has 0 aromatic carbocycles. The Balaban J connectivity index is 1.88. The predicted octanol–water partition coefficient (Wildman–Crippen LogP) is 3.15. The van der Waals surface area contributed by atoms with Gasteiger partial charge in [-0.15, -0.1) is 0 Å². The number of hydrogen-bond acceptors (Lipinski definition) is 5. The molecule has 1 unspecified atom stereocenters. The highest BCUT2D eigenvalue weighted by atomic mass is 32.2. The molecule has 1 saturated heterocycles. The van der Waals surface area contributed by atoms with E-state index in [0.717, 1.165) is 18.8 Å². The molecule has 5 heteroatoms. The normalized spacial score (nSPS) is 19.1. The van der Waals surface area contributed by atoms with E-state index in [9.17, 15) is 0 Å². The van der Waals surface area contributed by atoms with Gasteiger partial charge in [-0.1, -0.05) is 13.3 Å². The van der Waals surface area contributed by atoms with Gasteiger partial charge in [0.05, 0.1) is 12.3 Å². The van der Waals surface area contributed by atoms with Crippen molar-refractivity contribution in [2.75, 3.05) is 30.0 Å². The Morgan fingerprint density at radius 1 is 1.47 bits per heavy atom. The number of nitrogens with two attached hydrogens (primary N) is 1. The van der Waals surface area contributed by atoms with Gasteiger partial charge in [-0.2, -0.15) is 16.7 Å². The smallest absolute Gasteiger partial charge is 0.239 e. The lowest BCUT2D eigenvalue weighted by Crippen LogP contribution is -2.20. The van der Waals surface area contributed by atoms with Crippen molar-refractivity contribution in [2.24, 2.45) is 0 Å². The quantitative estimate of drug-likeness (QED) is 0.839. The summed E-state index contributed by atoms with van der Waals surface area (Å²) in [5.74, 6) is 2.68. The fourth-order valence-corrected chi connectivity index (χ4v) is 3.29. The minimum Gasteiger partial charge on any atom is -0.476 e. The summed E-state index contributed by atoms with van der Waals surface area (Å²) in [5.41, 5.74) is 6.45. The van der Waals surface area contributed by atoms with Gasteiger partial charge in [0.15, 0.2) is 0 Å². The van der Waals surface area contributed by atoms with Gasteiger partial charge in [0.2, 0.25) is 5.88 Å². The number of pyridine rings is 1. The molecule has 1 aromatic heterocycles. The average Bonchev–Trinajstić information content (AvgIpc) is 2.46. The minimum absolute atomic E-state index is 0.545. The predicted molar refractivity (Wildman–Crippen MR) is 83.0 cm³/mol. The standard InChI is InChI=1S/C14H23N3OS/c1-2-8-18-14-12(15)6-7-13(17-14)16-10-11-5-3-4-9-19-11/h6-7,11H,2-5,8-10,15H2,1H3,(H,16,17). The van der Waals surface area contributed by atoms with Crippen LogP contribution in [-0.4, -0.2) is 29.1 Å². The first kappa shape index (κ1) is 14.3. The molecule has 2 rings (SSSR count). The van der Waals surface area contributed by atoms with Crippen molar-refractivity contribution in [1.82, 2.24) is 4.98 Å². The lowest BCUT2D eigenvalue weighted by molar-refractivity contribution is 0.307. The highest BCUT2D eigenvalue weighted by molar-refractivity contribution is 7.99. The van der Waals surface area contributed by atoms with Crippen LogP contribution in [-0.2, 0) is 0 Å². The van der Waals surface area contributed by atoms with Crippen molar-refractivity contribution >= 4 is 23.3 Å². The van der Waals surface area contributed by atoms with E-state index in [1.807, 2.05) is 12.1 Å². The maximum atomic E-state index is 5.85. The second-order valence-electron chi connectivity index (χ2n) is 4.81. The van der Waals surface area contributed by atoms with Gasteiger partial charge in [0, 0.05) is 11.8 Å². The molecule has 2 heterocycles. The first-order valence-corrected chi connectivity index (χ1v) is 8.09. The number of rotatable bonds is 6. The van der Waals surface area contributed by atoms with Crippen molar-refractivity contribution in [3.8, 4) is 5.88 Å². The van der Waals surface area contributed by atoms with Crippen LogP contribution in [0.4, 0.5) is 11.5 Å². The van der Waals surface area contributed by atoms with Crippen LogP contribution >= 0.6 is 11.8 Å². The molecule has 3 N–H and O–H groups in total. The van der Waals surface area contributed by atoms with Crippen LogP contribution in [0.3, 0.4) is 0 Å². The molecule has 4 nitrogen and oxygen atoms in total. The number of ether oxygens (including phenoxy) is 1. The Morgan fingerprint density at radius 3 is 3.11 bits per heavy atom. The average molecular weight is 281 g/mol. The van der Waals surface area contributed by atoms with Crippen molar-refractivity contribution < 1.29 is 4.74 Å². The zero-order valence-corrected chi connectivity index (χ0v) is 12.3. The fourth-order valence-electron chi connectivity index (χ4n) is 2.05. The molecular formula is C14H23N3OS. The molecule has 0 amide bonds. The summed E-state index contributed by atoms with van der Waals surface area (Å²) >= 11 is 2.06. The number of aromatic nitrogens is 1. The summed E-state index contributed by atoms with van der Waals surface area (Å²) in [7, 11) is 0. The number of nitrogen functional groups attached to an aromatic ring is 1. The molecule has 1 aliphatic rings. The minimum atomic E-state index is 0.545. The summed E-state index contributed by atoms with van der Waals surface area (Å²) in [5, 5.41) is 4.09. The van der Waals surface area contributed by atoms with Crippen LogP contribution in [0.2, 0.25) is 0 Å². The van der Waals surface area contributed by atoms with Crippen LogP contribution in [0.15, 0.2) is 12.1 Å². The SMILES string of the molecule is CCCOc1nc(NCC2CCCCS2)ccc1N. The highest BCUT2D eigenvalue weighted by Gasteiger charge is 2.14. The van der Waals surface area contributed by atoms with E-state index in [1.165, 1.54) is 25.0 Å². The molecule has 0 bridgehead atoms. The molecule has 1 fully saturated rings. The van der Waals surface area contributed by atoms with E-state index >= 15 is 0 Å². The summed E-state index contributed by atoms with van der Waals surface area (Å²) in [6, 6.07) is 3.77. The zero-order chi connectivity index (χ0) is 13.5. The van der Waals surface area contributed by atoms with Gasteiger partial charge >= 0.3 is 0 Å². The Morgan fingerprint density at radius 2 is 2.37 bits per heavy atom. The monoisotopic (exact) mass is 281 g/mol. The lowest BCUT2D eigenvalue weighted by Gasteiger charge is -2.21. The van der Waals surface area contributed by atoms with E-state index in [4.69, 9.17) is 10.5 Å². The molecule has 19 heavy (non-hydrogen) atoms. The second-order valence-corrected chi connectivity index (χ2v) is 6.22. The maximum absolute atomic E-state index is 5.85. The van der Waals surface area contributed by atoms with Gasteiger partial charge in [0.1, 0.15) is 5.82 Å². The van der Waals surface area contributed by atoms with Crippen LogP contribution in [0, 0.1) is 0 Å². The molecule has 1 aromatic rings. The number of thioether (sulfide) groups is 1.